The van der Waals surface area contributed by atoms with Crippen LogP contribution in [0.25, 0.3) is 0 Å². The molecule has 0 heterocycles. The van der Waals surface area contributed by atoms with Crippen molar-refractivity contribution in [1.82, 2.24) is 0 Å². The number of allylic oxidation sites excluding steroid dienone is 2. The summed E-state index contributed by atoms with van der Waals surface area (Å²) in [5.74, 6) is -47.5. The van der Waals surface area contributed by atoms with E-state index in [0.717, 1.165) is 22.6 Å². The van der Waals surface area contributed by atoms with Crippen molar-refractivity contribution in [3.8, 4) is 0 Å². The van der Waals surface area contributed by atoms with Crippen LogP contribution < -0.4 is 0 Å². The van der Waals surface area contributed by atoms with E-state index in [1.807, 2.05) is 0 Å². The Labute approximate surface area is 231 Å². The van der Waals surface area contributed by atoms with Gasteiger partial charge >= 0.3 is 47.7 Å². The molecule has 0 bridgehead atoms. The van der Waals surface area contributed by atoms with Crippen LogP contribution in [0.5, 0.6) is 0 Å². The fraction of sp³-hybridized carbons (Fsp3) is 0.550. The van der Waals surface area contributed by atoms with Crippen molar-refractivity contribution in [3.05, 3.63) is 44.0 Å². The third kappa shape index (κ3) is 6.91. The van der Waals surface area contributed by atoms with E-state index in [1.54, 1.807) is 0 Å². The van der Waals surface area contributed by atoms with Gasteiger partial charge in [0.2, 0.25) is 0 Å². The van der Waals surface area contributed by atoms with Crippen LogP contribution in [0.3, 0.4) is 0 Å². The molecule has 0 saturated carbocycles. The van der Waals surface area contributed by atoms with E-state index < -0.39 is 63.8 Å². The molecule has 224 valence electrons. The number of carbonyl (C=O) groups is 1. The highest BCUT2D eigenvalue weighted by Crippen LogP contribution is 2.62. The molecule has 0 aliphatic carbocycles. The van der Waals surface area contributed by atoms with E-state index >= 15 is 0 Å². The zero-order valence-electron chi connectivity index (χ0n) is 18.5. The van der Waals surface area contributed by atoms with Gasteiger partial charge in [0.05, 0.1) is 12.2 Å². The molecule has 0 radical (unpaired) electrons. The minimum Gasteiger partial charge on any atom is -0.462 e. The van der Waals surface area contributed by atoms with Gasteiger partial charge in [-0.2, -0.15) is 65.9 Å². The smallest absolute Gasteiger partial charge is 0.460 e. The topological polar surface area (TPSA) is 26.3 Å². The van der Waals surface area contributed by atoms with Gasteiger partial charge in [0.1, 0.15) is 0 Å². The number of hydrogen-bond acceptors (Lipinski definition) is 2. The average molecular weight is 777 g/mol. The molecule has 2 nitrogen and oxygen atoms in total. The van der Waals surface area contributed by atoms with E-state index in [0.29, 0.717) is 4.47 Å². The highest BCUT2D eigenvalue weighted by atomic mass is 127. The predicted octanol–water partition coefficient (Wildman–Crippen LogP) is 9.47. The Balaban J connectivity index is 2.98. The maximum absolute atomic E-state index is 13.9. The molecule has 0 aromatic heterocycles. The minimum atomic E-state index is -8.32. The van der Waals surface area contributed by atoms with Gasteiger partial charge < -0.3 is 4.74 Å². The summed E-state index contributed by atoms with van der Waals surface area (Å²) < 4.78 is 203. The molecule has 0 saturated heterocycles. The second-order valence-electron chi connectivity index (χ2n) is 7.68. The van der Waals surface area contributed by atoms with E-state index in [9.17, 15) is 70.7 Å². The van der Waals surface area contributed by atoms with E-state index in [1.165, 1.54) is 24.3 Å². The molecule has 0 N–H and O–H groups in total. The number of rotatable bonds is 12. The van der Waals surface area contributed by atoms with Crippen LogP contribution in [0.1, 0.15) is 29.6 Å². The molecule has 0 aliphatic heterocycles. The Morgan fingerprint density at radius 1 is 0.718 bits per heavy atom. The maximum atomic E-state index is 13.9. The summed E-state index contributed by atoms with van der Waals surface area (Å²) in [6.07, 6.45) is -9.74. The highest BCUT2D eigenvalue weighted by molar-refractivity contribution is 14.1. The number of esters is 1. The Hall–Kier alpha value is -1.41. The first kappa shape index (κ1) is 35.6. The third-order valence-electron chi connectivity index (χ3n) is 4.81. The largest absolute Gasteiger partial charge is 0.462 e. The lowest BCUT2D eigenvalue weighted by molar-refractivity contribution is -0.449. The van der Waals surface area contributed by atoms with Gasteiger partial charge in [-0.1, -0.05) is 15.9 Å². The normalized spacial score (nSPS) is 14.9. The molecule has 0 amide bonds. The molecular weight excluding hydrogens is 764 g/mol. The van der Waals surface area contributed by atoms with Gasteiger partial charge in [0, 0.05) is 10.5 Å². The first-order valence-electron chi connectivity index (χ1n) is 9.91. The highest BCUT2D eigenvalue weighted by Gasteiger charge is 2.93. The second kappa shape index (κ2) is 11.8. The molecule has 19 heteroatoms. The van der Waals surface area contributed by atoms with Crippen molar-refractivity contribution in [1.29, 1.82) is 0 Å². The van der Waals surface area contributed by atoms with Crippen LogP contribution in [0.15, 0.2) is 38.4 Å². The van der Waals surface area contributed by atoms with Crippen LogP contribution in [0, 0.1) is 0 Å². The predicted molar refractivity (Wildman–Crippen MR) is 116 cm³/mol. The summed E-state index contributed by atoms with van der Waals surface area (Å²) in [6.45, 7) is -0.349. The minimum absolute atomic E-state index is 0.117. The number of benzene rings is 1. The summed E-state index contributed by atoms with van der Waals surface area (Å²) in [5, 5.41) is 0. The molecule has 0 atom stereocenters. The van der Waals surface area contributed by atoms with Gasteiger partial charge in [-0.25, -0.2) is 4.79 Å². The van der Waals surface area contributed by atoms with Gasteiger partial charge in [0.15, 0.2) is 0 Å². The quantitative estimate of drug-likeness (QED) is 0.0916. The Morgan fingerprint density at radius 3 is 1.62 bits per heavy atom. The van der Waals surface area contributed by atoms with Gasteiger partial charge in [-0.3, -0.25) is 0 Å². The van der Waals surface area contributed by atoms with Crippen molar-refractivity contribution in [2.45, 2.75) is 61.0 Å². The summed E-state index contributed by atoms with van der Waals surface area (Å²) in [5.41, 5.74) is 0.117. The van der Waals surface area contributed by atoms with Crippen LogP contribution in [0.2, 0.25) is 0 Å². The van der Waals surface area contributed by atoms with Crippen LogP contribution >= 0.6 is 38.5 Å². The third-order valence-corrected chi connectivity index (χ3v) is 6.19. The zero-order valence-corrected chi connectivity index (χ0v) is 22.2. The monoisotopic (exact) mass is 776 g/mol. The molecule has 0 spiro atoms. The van der Waals surface area contributed by atoms with E-state index in [-0.39, 0.29) is 25.0 Å². The number of unbranched alkanes of at least 4 members (excludes halogenated alkanes) is 1. The maximum Gasteiger partial charge on any atom is 0.460 e. The first-order chi connectivity index (χ1) is 17.3. The fourth-order valence-corrected chi connectivity index (χ4v) is 3.61. The summed E-state index contributed by atoms with van der Waals surface area (Å²) >= 11 is 3.98. The SMILES string of the molecule is O=C(OCCCCC(I)=CC(F)(F)C(F)(F)C(F)(F)C(F)(F)C(F)(F)C(F)(F)C(F)(F)F)c1ccc(Br)cc1. The molecule has 0 aliphatic rings. The van der Waals surface area contributed by atoms with Crippen molar-refractivity contribution in [2.24, 2.45) is 0 Å². The number of hydrogen-bond donors (Lipinski definition) is 0. The fourth-order valence-electron chi connectivity index (χ4n) is 2.57. The van der Waals surface area contributed by atoms with Crippen molar-refractivity contribution in [2.75, 3.05) is 6.61 Å². The second-order valence-corrected chi connectivity index (χ2v) is 9.99. The molecule has 0 fully saturated rings. The Morgan fingerprint density at radius 2 is 1.15 bits per heavy atom. The standard InChI is InChI=1S/C20H13BrF15IO2/c21-11-6-4-10(5-7-11)13(38)39-8-2-1-3-12(37)9-14(22,23)15(24,25)16(26,27)17(28,29)18(30,31)19(32,33)20(34,35)36/h4-7,9H,1-3,8H2. The van der Waals surface area contributed by atoms with Gasteiger partial charge in [-0.05, 0) is 69.7 Å². The van der Waals surface area contributed by atoms with Crippen molar-refractivity contribution in [3.63, 3.8) is 0 Å². The number of alkyl halides is 15. The van der Waals surface area contributed by atoms with Gasteiger partial charge in [0.25, 0.3) is 0 Å². The summed E-state index contributed by atoms with van der Waals surface area (Å²) in [4.78, 5) is 11.8. The number of ether oxygens (including phenoxy) is 1. The average Bonchev–Trinajstić information content (AvgIpc) is 2.77. The Bertz CT molecular complexity index is 1040. The number of halogens is 17. The molecule has 1 aromatic carbocycles. The van der Waals surface area contributed by atoms with E-state index in [2.05, 4.69) is 15.9 Å². The lowest BCUT2D eigenvalue weighted by Gasteiger charge is -2.41. The molecular formula is C20H13BrF15IO2. The Kier molecular flexibility index (Phi) is 10.8. The van der Waals surface area contributed by atoms with Crippen LogP contribution in [0.4, 0.5) is 65.9 Å². The summed E-state index contributed by atoms with van der Waals surface area (Å²) in [7, 11) is 0. The van der Waals surface area contributed by atoms with E-state index in [4.69, 9.17) is 4.74 Å². The van der Waals surface area contributed by atoms with Crippen LogP contribution in [-0.4, -0.2) is 54.3 Å². The lowest BCUT2D eigenvalue weighted by atomic mass is 9.91. The first-order valence-corrected chi connectivity index (χ1v) is 11.8. The zero-order chi connectivity index (χ0) is 30.9. The lowest BCUT2D eigenvalue weighted by Crippen LogP contribution is -2.72. The van der Waals surface area contributed by atoms with Crippen molar-refractivity contribution < 1.29 is 75.4 Å². The molecule has 1 aromatic rings. The molecule has 0 unspecified atom stereocenters. The van der Waals surface area contributed by atoms with Gasteiger partial charge in [-0.15, -0.1) is 0 Å². The number of carbonyl (C=O) groups excluding carboxylic acids is 1. The molecule has 1 rings (SSSR count). The summed E-state index contributed by atoms with van der Waals surface area (Å²) in [6, 6.07) is 5.75. The van der Waals surface area contributed by atoms with Crippen molar-refractivity contribution >= 4 is 44.5 Å². The van der Waals surface area contributed by atoms with Crippen LogP contribution in [-0.2, 0) is 4.74 Å². The molecule has 39 heavy (non-hydrogen) atoms.